The van der Waals surface area contributed by atoms with Crippen molar-refractivity contribution < 1.29 is 9.18 Å². The van der Waals surface area contributed by atoms with Gasteiger partial charge in [0.2, 0.25) is 5.91 Å². The van der Waals surface area contributed by atoms with E-state index in [2.05, 4.69) is 26.8 Å². The summed E-state index contributed by atoms with van der Waals surface area (Å²) in [6.45, 7) is 0. The van der Waals surface area contributed by atoms with E-state index in [1.807, 2.05) is 0 Å². The van der Waals surface area contributed by atoms with Crippen LogP contribution < -0.4 is 10.9 Å². The first kappa shape index (κ1) is 11.1. The summed E-state index contributed by atoms with van der Waals surface area (Å²) in [5, 5.41) is 0. The number of amides is 1. The number of hydrazine groups is 1. The lowest BCUT2D eigenvalue weighted by molar-refractivity contribution is -0.121. The van der Waals surface area contributed by atoms with Gasteiger partial charge >= 0.3 is 0 Å². The van der Waals surface area contributed by atoms with Crippen molar-refractivity contribution in [3.8, 4) is 0 Å². The van der Waals surface area contributed by atoms with Gasteiger partial charge in [-0.2, -0.15) is 0 Å². The average Bonchev–Trinajstić information content (AvgIpc) is 2.12. The molecule has 76 valence electrons. The third-order valence-electron chi connectivity index (χ3n) is 1.62. The summed E-state index contributed by atoms with van der Waals surface area (Å²) in [4.78, 5) is 11.1. The minimum atomic E-state index is -0.376. The van der Waals surface area contributed by atoms with Gasteiger partial charge in [-0.3, -0.25) is 10.2 Å². The van der Waals surface area contributed by atoms with Gasteiger partial charge in [-0.05, 0) is 23.8 Å². The molecule has 0 unspecified atom stereocenters. The van der Waals surface area contributed by atoms with Crippen molar-refractivity contribution in [2.24, 2.45) is 0 Å². The average molecular weight is 261 g/mol. The molecule has 0 spiro atoms. The van der Waals surface area contributed by atoms with E-state index in [1.165, 1.54) is 6.07 Å². The zero-order valence-corrected chi connectivity index (χ0v) is 9.19. The Hall–Kier alpha value is -0.940. The molecular weight excluding hydrogens is 251 g/mol. The third kappa shape index (κ3) is 3.08. The number of carbonyl (C=O) groups excluding carboxylic acids is 1. The SMILES string of the molecule is CNNC(=O)Cc1cc(Br)ccc1F. The van der Waals surface area contributed by atoms with Crippen molar-refractivity contribution in [1.29, 1.82) is 0 Å². The molecular formula is C9H10BrFN2O. The summed E-state index contributed by atoms with van der Waals surface area (Å²) in [6.07, 6.45) is 0.0200. The summed E-state index contributed by atoms with van der Waals surface area (Å²) in [6, 6.07) is 4.51. The molecule has 1 rings (SSSR count). The highest BCUT2D eigenvalue weighted by atomic mass is 79.9. The van der Waals surface area contributed by atoms with Gasteiger partial charge in [-0.1, -0.05) is 15.9 Å². The van der Waals surface area contributed by atoms with Crippen molar-refractivity contribution in [3.05, 3.63) is 34.1 Å². The second-order valence-corrected chi connectivity index (χ2v) is 3.63. The second kappa shape index (κ2) is 5.07. The van der Waals surface area contributed by atoms with Crippen LogP contribution in [0.1, 0.15) is 5.56 Å². The number of halogens is 2. The Kier molecular flexibility index (Phi) is 4.03. The molecule has 0 aromatic heterocycles. The van der Waals surface area contributed by atoms with E-state index in [-0.39, 0.29) is 18.1 Å². The number of carbonyl (C=O) groups is 1. The van der Waals surface area contributed by atoms with Crippen LogP contribution in [0.25, 0.3) is 0 Å². The van der Waals surface area contributed by atoms with Crippen molar-refractivity contribution in [3.63, 3.8) is 0 Å². The highest BCUT2D eigenvalue weighted by molar-refractivity contribution is 9.10. The van der Waals surface area contributed by atoms with Gasteiger partial charge in [-0.15, -0.1) is 0 Å². The maximum Gasteiger partial charge on any atom is 0.238 e. The first-order valence-electron chi connectivity index (χ1n) is 4.03. The van der Waals surface area contributed by atoms with Crippen LogP contribution in [0.4, 0.5) is 4.39 Å². The van der Waals surface area contributed by atoms with Crippen LogP contribution in [-0.2, 0) is 11.2 Å². The Balaban J connectivity index is 2.75. The molecule has 0 saturated carbocycles. The van der Waals surface area contributed by atoms with Gasteiger partial charge in [0.25, 0.3) is 0 Å². The molecule has 0 radical (unpaired) electrons. The van der Waals surface area contributed by atoms with E-state index >= 15 is 0 Å². The summed E-state index contributed by atoms with van der Waals surface area (Å²) in [5.41, 5.74) is 5.23. The fraction of sp³-hybridized carbons (Fsp3) is 0.222. The molecule has 5 heteroatoms. The van der Waals surface area contributed by atoms with E-state index in [9.17, 15) is 9.18 Å². The Labute approximate surface area is 89.8 Å². The molecule has 1 aromatic rings. The molecule has 0 aliphatic heterocycles. The lowest BCUT2D eigenvalue weighted by Crippen LogP contribution is -2.35. The molecule has 0 bridgehead atoms. The molecule has 1 aromatic carbocycles. The van der Waals surface area contributed by atoms with Gasteiger partial charge in [-0.25, -0.2) is 9.82 Å². The molecule has 3 nitrogen and oxygen atoms in total. The van der Waals surface area contributed by atoms with Crippen molar-refractivity contribution in [2.45, 2.75) is 6.42 Å². The van der Waals surface area contributed by atoms with Crippen LogP contribution in [0.2, 0.25) is 0 Å². The van der Waals surface area contributed by atoms with Gasteiger partial charge in [0, 0.05) is 11.5 Å². The van der Waals surface area contributed by atoms with E-state index in [1.54, 1.807) is 19.2 Å². The fourth-order valence-electron chi connectivity index (χ4n) is 1.04. The minimum Gasteiger partial charge on any atom is -0.292 e. The Bertz CT molecular complexity index is 344. The third-order valence-corrected chi connectivity index (χ3v) is 2.12. The van der Waals surface area contributed by atoms with Crippen LogP contribution in [0.15, 0.2) is 22.7 Å². The Morgan fingerprint density at radius 1 is 1.57 bits per heavy atom. The summed E-state index contributed by atoms with van der Waals surface area (Å²) >= 11 is 3.21. The van der Waals surface area contributed by atoms with Gasteiger partial charge < -0.3 is 0 Å². The smallest absolute Gasteiger partial charge is 0.238 e. The van der Waals surface area contributed by atoms with Crippen LogP contribution in [0.5, 0.6) is 0 Å². The van der Waals surface area contributed by atoms with E-state index in [4.69, 9.17) is 0 Å². The lowest BCUT2D eigenvalue weighted by atomic mass is 10.1. The molecule has 2 N–H and O–H groups in total. The number of hydrogen-bond donors (Lipinski definition) is 2. The first-order valence-corrected chi connectivity index (χ1v) is 4.82. The summed E-state index contributed by atoms with van der Waals surface area (Å²) < 4.78 is 13.9. The quantitative estimate of drug-likeness (QED) is 0.807. The van der Waals surface area contributed by atoms with E-state index in [0.717, 1.165) is 4.47 Å². The monoisotopic (exact) mass is 260 g/mol. The topological polar surface area (TPSA) is 41.1 Å². The summed E-state index contributed by atoms with van der Waals surface area (Å²) in [7, 11) is 1.58. The molecule has 0 aliphatic carbocycles. The largest absolute Gasteiger partial charge is 0.292 e. The fourth-order valence-corrected chi connectivity index (χ4v) is 1.44. The van der Waals surface area contributed by atoms with Gasteiger partial charge in [0.05, 0.1) is 6.42 Å². The van der Waals surface area contributed by atoms with Crippen LogP contribution >= 0.6 is 15.9 Å². The highest BCUT2D eigenvalue weighted by Crippen LogP contribution is 2.15. The number of rotatable bonds is 3. The van der Waals surface area contributed by atoms with Crippen LogP contribution in [-0.4, -0.2) is 13.0 Å². The van der Waals surface area contributed by atoms with Gasteiger partial charge in [0.15, 0.2) is 0 Å². The number of benzene rings is 1. The number of hydrogen-bond acceptors (Lipinski definition) is 2. The molecule has 0 atom stereocenters. The Morgan fingerprint density at radius 2 is 2.29 bits per heavy atom. The van der Waals surface area contributed by atoms with Crippen molar-refractivity contribution in [1.82, 2.24) is 10.9 Å². The molecule has 14 heavy (non-hydrogen) atoms. The second-order valence-electron chi connectivity index (χ2n) is 2.71. The minimum absolute atomic E-state index is 0.0200. The van der Waals surface area contributed by atoms with Crippen molar-refractivity contribution in [2.75, 3.05) is 7.05 Å². The predicted molar refractivity (Wildman–Crippen MR) is 55.0 cm³/mol. The van der Waals surface area contributed by atoms with E-state index < -0.39 is 0 Å². The molecule has 0 aliphatic rings. The number of nitrogens with one attached hydrogen (secondary N) is 2. The zero-order chi connectivity index (χ0) is 10.6. The molecule has 1 amide bonds. The Morgan fingerprint density at radius 3 is 2.93 bits per heavy atom. The highest BCUT2D eigenvalue weighted by Gasteiger charge is 2.07. The standard InChI is InChI=1S/C9H10BrFN2O/c1-12-13-9(14)5-6-4-7(10)2-3-8(6)11/h2-4,12H,5H2,1H3,(H,13,14). The summed E-state index contributed by atoms with van der Waals surface area (Å²) in [5.74, 6) is -0.649. The first-order chi connectivity index (χ1) is 6.63. The van der Waals surface area contributed by atoms with E-state index in [0.29, 0.717) is 5.56 Å². The van der Waals surface area contributed by atoms with Crippen molar-refractivity contribution >= 4 is 21.8 Å². The lowest BCUT2D eigenvalue weighted by Gasteiger charge is -2.04. The molecule has 0 saturated heterocycles. The normalized spacial score (nSPS) is 9.93. The van der Waals surface area contributed by atoms with Crippen LogP contribution in [0, 0.1) is 5.82 Å². The maximum absolute atomic E-state index is 13.1. The maximum atomic E-state index is 13.1. The molecule has 0 heterocycles. The van der Waals surface area contributed by atoms with Gasteiger partial charge in [0.1, 0.15) is 5.82 Å². The predicted octanol–water partition coefficient (Wildman–Crippen LogP) is 1.38. The molecule has 0 fully saturated rings. The van der Waals surface area contributed by atoms with Crippen LogP contribution in [0.3, 0.4) is 0 Å². The zero-order valence-electron chi connectivity index (χ0n) is 7.60.